The number of aryl methyl sites for hydroxylation is 1. The van der Waals surface area contributed by atoms with Gasteiger partial charge >= 0.3 is 0 Å². The number of H-pyrrole nitrogens is 2. The molecule has 2 fully saturated rings. The van der Waals surface area contributed by atoms with Crippen molar-refractivity contribution in [3.63, 3.8) is 0 Å². The highest BCUT2D eigenvalue weighted by Crippen LogP contribution is 2.34. The molecule has 4 aromatic rings. The summed E-state index contributed by atoms with van der Waals surface area (Å²) >= 11 is 0. The van der Waals surface area contributed by atoms with Crippen molar-refractivity contribution in [2.75, 3.05) is 26.2 Å². The summed E-state index contributed by atoms with van der Waals surface area (Å²) in [7, 11) is 0. The molecule has 35 heavy (non-hydrogen) atoms. The smallest absolute Gasteiger partial charge is 0.270 e. The zero-order chi connectivity index (χ0) is 23.9. The molecule has 2 saturated heterocycles. The summed E-state index contributed by atoms with van der Waals surface area (Å²) in [6.07, 6.45) is 7.50. The molecular formula is C29H33FN4O. The number of aromatic nitrogens is 2. The van der Waals surface area contributed by atoms with Crippen LogP contribution in [0.5, 0.6) is 0 Å². The monoisotopic (exact) mass is 472 g/mol. The van der Waals surface area contributed by atoms with Gasteiger partial charge in [-0.05, 0) is 99.5 Å². The highest BCUT2D eigenvalue weighted by Gasteiger charge is 2.31. The van der Waals surface area contributed by atoms with Gasteiger partial charge in [0, 0.05) is 47.1 Å². The van der Waals surface area contributed by atoms with Crippen LogP contribution in [0.2, 0.25) is 0 Å². The number of carbonyl (C=O) groups excluding carboxylic acids is 1. The largest absolute Gasteiger partial charge is 0.361 e. The van der Waals surface area contributed by atoms with Crippen molar-refractivity contribution in [3.05, 3.63) is 71.3 Å². The second kappa shape index (κ2) is 9.15. The third kappa shape index (κ3) is 4.36. The summed E-state index contributed by atoms with van der Waals surface area (Å²) in [6.45, 7) is 6.09. The maximum absolute atomic E-state index is 13.5. The molecule has 1 atom stereocenters. The number of benzene rings is 2. The molecule has 1 amide bonds. The van der Waals surface area contributed by atoms with Crippen molar-refractivity contribution < 1.29 is 9.18 Å². The second-order valence-corrected chi connectivity index (χ2v) is 10.4. The Kier molecular flexibility index (Phi) is 5.85. The van der Waals surface area contributed by atoms with Gasteiger partial charge in [-0.1, -0.05) is 12.1 Å². The molecule has 4 heterocycles. The number of hydrogen-bond acceptors (Lipinski definition) is 2. The van der Waals surface area contributed by atoms with E-state index in [1.54, 1.807) is 12.1 Å². The van der Waals surface area contributed by atoms with E-state index in [1.165, 1.54) is 11.1 Å². The van der Waals surface area contributed by atoms with Gasteiger partial charge in [-0.25, -0.2) is 4.39 Å². The van der Waals surface area contributed by atoms with Crippen LogP contribution < -0.4 is 0 Å². The first-order valence-electron chi connectivity index (χ1n) is 12.9. The van der Waals surface area contributed by atoms with E-state index < -0.39 is 0 Å². The molecule has 182 valence electrons. The molecule has 2 aromatic heterocycles. The van der Waals surface area contributed by atoms with E-state index in [1.807, 2.05) is 12.1 Å². The fourth-order valence-corrected chi connectivity index (χ4v) is 6.17. The number of amides is 1. The Bertz CT molecular complexity index is 1360. The van der Waals surface area contributed by atoms with E-state index in [2.05, 4.69) is 51.1 Å². The number of likely N-dealkylation sites (tertiary alicyclic amines) is 2. The van der Waals surface area contributed by atoms with Crippen molar-refractivity contribution >= 4 is 27.7 Å². The van der Waals surface area contributed by atoms with Crippen LogP contribution in [0, 0.1) is 12.7 Å². The molecule has 5 nitrogen and oxygen atoms in total. The average molecular weight is 473 g/mol. The minimum absolute atomic E-state index is 0.135. The molecule has 0 bridgehead atoms. The Balaban J connectivity index is 1.05. The highest BCUT2D eigenvalue weighted by molar-refractivity contribution is 5.98. The highest BCUT2D eigenvalue weighted by atomic mass is 19.1. The van der Waals surface area contributed by atoms with Crippen LogP contribution in [0.1, 0.15) is 59.6 Å². The summed E-state index contributed by atoms with van der Waals surface area (Å²) in [4.78, 5) is 24.6. The predicted octanol–water partition coefficient (Wildman–Crippen LogP) is 5.97. The topological polar surface area (TPSA) is 55.1 Å². The second-order valence-electron chi connectivity index (χ2n) is 10.4. The van der Waals surface area contributed by atoms with Gasteiger partial charge in [0.15, 0.2) is 0 Å². The number of rotatable bonds is 5. The SMILES string of the molecule is Cc1ccc2cc(C(=O)N3CCCC3CCN3CCC(c4c[nH]c5cc(F)ccc45)CC3)[nH]c2c1. The lowest BCUT2D eigenvalue weighted by Crippen LogP contribution is -2.40. The molecule has 6 heteroatoms. The molecule has 1 unspecified atom stereocenters. The molecule has 0 radical (unpaired) electrons. The number of carbonyl (C=O) groups is 1. The standard InChI is InChI=1S/C29H33FN4O/c1-19-4-5-21-16-28(32-26(21)15-19)29(35)34-11-2-3-23(34)10-14-33-12-8-20(9-13-33)25-18-31-27-17-22(30)6-7-24(25)27/h4-7,15-18,20,23,31-32H,2-3,8-14H2,1H3. The Morgan fingerprint density at radius 1 is 1.03 bits per heavy atom. The van der Waals surface area contributed by atoms with Crippen LogP contribution in [0.25, 0.3) is 21.8 Å². The van der Waals surface area contributed by atoms with Gasteiger partial charge in [0.25, 0.3) is 5.91 Å². The van der Waals surface area contributed by atoms with Gasteiger partial charge in [-0.2, -0.15) is 0 Å². The van der Waals surface area contributed by atoms with Crippen LogP contribution in [-0.2, 0) is 0 Å². The third-order valence-electron chi connectivity index (χ3n) is 8.13. The van der Waals surface area contributed by atoms with Gasteiger partial charge in [0.05, 0.1) is 0 Å². The molecule has 2 aromatic carbocycles. The summed E-state index contributed by atoms with van der Waals surface area (Å²) in [5, 5.41) is 2.25. The first kappa shape index (κ1) is 22.4. The summed E-state index contributed by atoms with van der Waals surface area (Å²) < 4.78 is 13.5. The summed E-state index contributed by atoms with van der Waals surface area (Å²) in [5.41, 5.74) is 5.14. The van der Waals surface area contributed by atoms with Crippen molar-refractivity contribution in [2.45, 2.75) is 51.0 Å². The molecule has 2 aliphatic rings. The first-order chi connectivity index (χ1) is 17.0. The zero-order valence-electron chi connectivity index (χ0n) is 20.3. The number of hydrogen-bond donors (Lipinski definition) is 2. The lowest BCUT2D eigenvalue weighted by atomic mass is 9.89. The molecule has 6 rings (SSSR count). The molecule has 0 aliphatic carbocycles. The quantitative estimate of drug-likeness (QED) is 0.376. The lowest BCUT2D eigenvalue weighted by molar-refractivity contribution is 0.0712. The number of halogens is 1. The van der Waals surface area contributed by atoms with Gasteiger partial charge in [-0.3, -0.25) is 4.79 Å². The first-order valence-corrected chi connectivity index (χ1v) is 12.9. The molecule has 2 N–H and O–H groups in total. The van der Waals surface area contributed by atoms with Crippen molar-refractivity contribution in [2.24, 2.45) is 0 Å². The van der Waals surface area contributed by atoms with Crippen LogP contribution in [0.15, 0.2) is 48.7 Å². The van der Waals surface area contributed by atoms with E-state index in [-0.39, 0.29) is 11.7 Å². The molecule has 2 aliphatic heterocycles. The number of fused-ring (bicyclic) bond motifs is 2. The minimum atomic E-state index is -0.195. The Morgan fingerprint density at radius 3 is 2.74 bits per heavy atom. The molecule has 0 spiro atoms. The maximum atomic E-state index is 13.5. The van der Waals surface area contributed by atoms with E-state index in [0.717, 1.165) is 80.1 Å². The minimum Gasteiger partial charge on any atom is -0.361 e. The maximum Gasteiger partial charge on any atom is 0.270 e. The molecule has 0 saturated carbocycles. The van der Waals surface area contributed by atoms with E-state index in [4.69, 9.17) is 0 Å². The number of piperidine rings is 1. The van der Waals surface area contributed by atoms with Crippen molar-refractivity contribution in [3.8, 4) is 0 Å². The van der Waals surface area contributed by atoms with Crippen LogP contribution in [0.3, 0.4) is 0 Å². The Hall–Kier alpha value is -3.12. The van der Waals surface area contributed by atoms with Gasteiger partial charge < -0.3 is 19.8 Å². The van der Waals surface area contributed by atoms with E-state index in [9.17, 15) is 9.18 Å². The van der Waals surface area contributed by atoms with E-state index >= 15 is 0 Å². The van der Waals surface area contributed by atoms with Gasteiger partial charge in [0.2, 0.25) is 0 Å². The Labute approximate surface area is 205 Å². The summed E-state index contributed by atoms with van der Waals surface area (Å²) in [5.74, 6) is 0.455. The van der Waals surface area contributed by atoms with Gasteiger partial charge in [-0.15, -0.1) is 0 Å². The van der Waals surface area contributed by atoms with Crippen LogP contribution in [0.4, 0.5) is 4.39 Å². The zero-order valence-corrected chi connectivity index (χ0v) is 20.3. The van der Waals surface area contributed by atoms with Crippen LogP contribution in [-0.4, -0.2) is 57.9 Å². The Morgan fingerprint density at radius 2 is 1.89 bits per heavy atom. The predicted molar refractivity (Wildman–Crippen MR) is 138 cm³/mol. The number of nitrogens with zero attached hydrogens (tertiary/aromatic N) is 2. The lowest BCUT2D eigenvalue weighted by Gasteiger charge is -2.33. The number of nitrogens with one attached hydrogen (secondary N) is 2. The third-order valence-corrected chi connectivity index (χ3v) is 8.13. The van der Waals surface area contributed by atoms with Gasteiger partial charge in [0.1, 0.15) is 11.5 Å². The van der Waals surface area contributed by atoms with Crippen molar-refractivity contribution in [1.82, 2.24) is 19.8 Å². The van der Waals surface area contributed by atoms with Crippen LogP contribution >= 0.6 is 0 Å². The van der Waals surface area contributed by atoms with E-state index in [0.29, 0.717) is 17.7 Å². The molecular weight excluding hydrogens is 439 g/mol. The fourth-order valence-electron chi connectivity index (χ4n) is 6.17. The normalized spacial score (nSPS) is 19.8. The summed E-state index contributed by atoms with van der Waals surface area (Å²) in [6, 6.07) is 13.6. The number of aromatic amines is 2. The average Bonchev–Trinajstić information content (AvgIpc) is 3.60. The fraction of sp³-hybridized carbons (Fsp3) is 0.414. The van der Waals surface area contributed by atoms with Crippen molar-refractivity contribution in [1.29, 1.82) is 0 Å².